The van der Waals surface area contributed by atoms with Gasteiger partial charge in [0.05, 0.1) is 6.26 Å². The van der Waals surface area contributed by atoms with Crippen molar-refractivity contribution in [3.8, 4) is 0 Å². The minimum atomic E-state index is -0.00458. The van der Waals surface area contributed by atoms with Crippen molar-refractivity contribution in [2.24, 2.45) is 7.05 Å². The van der Waals surface area contributed by atoms with E-state index in [9.17, 15) is 0 Å². The van der Waals surface area contributed by atoms with E-state index in [0.717, 1.165) is 24.2 Å². The van der Waals surface area contributed by atoms with Crippen LogP contribution in [0.3, 0.4) is 0 Å². The van der Waals surface area contributed by atoms with Gasteiger partial charge in [-0.3, -0.25) is 10.2 Å². The summed E-state index contributed by atoms with van der Waals surface area (Å²) in [5.74, 6) is 1.89. The Morgan fingerprint density at radius 1 is 1.52 bits per heavy atom. The normalized spacial score (nSPS) is 18.1. The molecule has 3 rings (SSSR count). The van der Waals surface area contributed by atoms with Gasteiger partial charge in [-0.15, -0.1) is 0 Å². The smallest absolute Gasteiger partial charge is 0.133 e. The van der Waals surface area contributed by atoms with E-state index in [2.05, 4.69) is 29.2 Å². The maximum Gasteiger partial charge on any atom is 0.133 e. The maximum absolute atomic E-state index is 5.60. The van der Waals surface area contributed by atoms with Crippen LogP contribution in [-0.4, -0.2) is 40.1 Å². The number of nitrogens with zero attached hydrogens (tertiary/aromatic N) is 3. The van der Waals surface area contributed by atoms with E-state index in [-0.39, 0.29) is 6.04 Å². The first-order valence-electron chi connectivity index (χ1n) is 7.62. The average Bonchev–Trinajstić information content (AvgIpc) is 3.02. The predicted molar refractivity (Wildman–Crippen MR) is 82.0 cm³/mol. The lowest BCUT2D eigenvalue weighted by Gasteiger charge is -2.26. The summed E-state index contributed by atoms with van der Waals surface area (Å²) >= 11 is 0. The molecule has 0 aliphatic heterocycles. The fraction of sp³-hybridized carbons (Fsp3) is 0.562. The van der Waals surface area contributed by atoms with E-state index in [1.165, 1.54) is 12.8 Å². The highest BCUT2D eigenvalue weighted by Crippen LogP contribution is 2.27. The summed E-state index contributed by atoms with van der Waals surface area (Å²) in [6, 6.07) is 5.19. The van der Waals surface area contributed by atoms with Crippen LogP contribution in [0.1, 0.15) is 37.4 Å². The first-order valence-corrected chi connectivity index (χ1v) is 7.62. The molecule has 114 valence electrons. The second kappa shape index (κ2) is 6.03. The molecule has 0 amide bonds. The first kappa shape index (κ1) is 14.4. The van der Waals surface area contributed by atoms with Crippen LogP contribution in [0.25, 0.3) is 0 Å². The van der Waals surface area contributed by atoms with Gasteiger partial charge in [-0.1, -0.05) is 0 Å². The first-order chi connectivity index (χ1) is 10.2. The molecule has 0 spiro atoms. The Balaban J connectivity index is 1.70. The molecule has 21 heavy (non-hydrogen) atoms. The Morgan fingerprint density at radius 3 is 2.90 bits per heavy atom. The molecule has 2 aromatic rings. The minimum Gasteiger partial charge on any atom is -0.467 e. The van der Waals surface area contributed by atoms with Crippen molar-refractivity contribution >= 4 is 0 Å². The molecule has 2 atom stereocenters. The third-order valence-corrected chi connectivity index (χ3v) is 4.38. The summed E-state index contributed by atoms with van der Waals surface area (Å²) in [5.41, 5.74) is 0. The summed E-state index contributed by atoms with van der Waals surface area (Å²) in [7, 11) is 4.23. The quantitative estimate of drug-likeness (QED) is 0.848. The second-order valence-electron chi connectivity index (χ2n) is 6.00. The lowest BCUT2D eigenvalue weighted by molar-refractivity contribution is 0.235. The third kappa shape index (κ3) is 3.19. The fourth-order valence-electron chi connectivity index (χ4n) is 2.70. The highest BCUT2D eigenvalue weighted by Gasteiger charge is 2.30. The summed E-state index contributed by atoms with van der Waals surface area (Å²) in [5, 5.41) is 3.61. The van der Waals surface area contributed by atoms with Gasteiger partial charge in [0.25, 0.3) is 0 Å². The number of hydrogen-bond acceptors (Lipinski definition) is 4. The molecule has 0 bridgehead atoms. The van der Waals surface area contributed by atoms with Crippen LogP contribution < -0.4 is 5.32 Å². The number of aryl methyl sites for hydroxylation is 1. The van der Waals surface area contributed by atoms with Crippen molar-refractivity contribution < 1.29 is 4.42 Å². The SMILES string of the molecule is CC(CNC(c1ccco1)c1nccn1C)N(C)C1CC1. The largest absolute Gasteiger partial charge is 0.467 e. The van der Waals surface area contributed by atoms with Gasteiger partial charge in [0.15, 0.2) is 0 Å². The van der Waals surface area contributed by atoms with Gasteiger partial charge in [-0.2, -0.15) is 0 Å². The highest BCUT2D eigenvalue weighted by atomic mass is 16.3. The van der Waals surface area contributed by atoms with Gasteiger partial charge in [-0.25, -0.2) is 4.98 Å². The molecule has 1 aliphatic rings. The van der Waals surface area contributed by atoms with E-state index in [1.54, 1.807) is 6.26 Å². The molecular formula is C16H24N4O. The van der Waals surface area contributed by atoms with Gasteiger partial charge in [0.1, 0.15) is 17.6 Å². The number of nitrogens with one attached hydrogen (secondary N) is 1. The van der Waals surface area contributed by atoms with Gasteiger partial charge < -0.3 is 8.98 Å². The molecule has 1 N–H and O–H groups in total. The highest BCUT2D eigenvalue weighted by molar-refractivity contribution is 5.15. The van der Waals surface area contributed by atoms with Crippen molar-refractivity contribution in [3.05, 3.63) is 42.4 Å². The lowest BCUT2D eigenvalue weighted by Crippen LogP contribution is -2.40. The van der Waals surface area contributed by atoms with Gasteiger partial charge >= 0.3 is 0 Å². The molecule has 1 saturated carbocycles. The van der Waals surface area contributed by atoms with Gasteiger partial charge in [0, 0.05) is 38.1 Å². The molecule has 0 aromatic carbocycles. The summed E-state index contributed by atoms with van der Waals surface area (Å²) < 4.78 is 7.63. The summed E-state index contributed by atoms with van der Waals surface area (Å²) in [4.78, 5) is 6.93. The van der Waals surface area contributed by atoms with Crippen molar-refractivity contribution in [2.45, 2.75) is 37.9 Å². The maximum atomic E-state index is 5.60. The molecule has 2 aromatic heterocycles. The standard InChI is InChI=1S/C16H24N4O/c1-12(20(3)13-6-7-13)11-18-15(14-5-4-10-21-14)16-17-8-9-19(16)2/h4-5,8-10,12-13,15,18H,6-7,11H2,1-3H3. The molecule has 0 saturated heterocycles. The van der Waals surface area contributed by atoms with Crippen LogP contribution in [0.2, 0.25) is 0 Å². The van der Waals surface area contributed by atoms with Crippen LogP contribution >= 0.6 is 0 Å². The third-order valence-electron chi connectivity index (χ3n) is 4.38. The van der Waals surface area contributed by atoms with Crippen LogP contribution in [-0.2, 0) is 7.05 Å². The van der Waals surface area contributed by atoms with E-state index >= 15 is 0 Å². The molecule has 2 unspecified atom stereocenters. The molecular weight excluding hydrogens is 264 g/mol. The Labute approximate surface area is 126 Å². The van der Waals surface area contributed by atoms with Crippen molar-refractivity contribution in [1.82, 2.24) is 19.8 Å². The van der Waals surface area contributed by atoms with E-state index < -0.39 is 0 Å². The number of furan rings is 1. The number of hydrogen-bond donors (Lipinski definition) is 1. The average molecular weight is 288 g/mol. The van der Waals surface area contributed by atoms with Crippen molar-refractivity contribution in [3.63, 3.8) is 0 Å². The number of rotatable bonds is 7. The summed E-state index contributed by atoms with van der Waals surface area (Å²) in [6.45, 7) is 3.17. The van der Waals surface area contributed by atoms with Crippen molar-refractivity contribution in [2.75, 3.05) is 13.6 Å². The van der Waals surface area contributed by atoms with E-state index in [4.69, 9.17) is 4.42 Å². The van der Waals surface area contributed by atoms with Gasteiger partial charge in [-0.05, 0) is 38.9 Å². The van der Waals surface area contributed by atoms with Crippen LogP contribution in [0.5, 0.6) is 0 Å². The molecule has 1 fully saturated rings. The van der Waals surface area contributed by atoms with Crippen LogP contribution in [0.15, 0.2) is 35.2 Å². The molecule has 0 radical (unpaired) electrons. The summed E-state index contributed by atoms with van der Waals surface area (Å²) in [6.07, 6.45) is 8.18. The minimum absolute atomic E-state index is 0.00458. The molecule has 5 heteroatoms. The van der Waals surface area contributed by atoms with E-state index in [0.29, 0.717) is 6.04 Å². The fourth-order valence-corrected chi connectivity index (χ4v) is 2.70. The zero-order valence-electron chi connectivity index (χ0n) is 13.0. The van der Waals surface area contributed by atoms with Gasteiger partial charge in [0.2, 0.25) is 0 Å². The Hall–Kier alpha value is -1.59. The Morgan fingerprint density at radius 2 is 2.33 bits per heavy atom. The Kier molecular flexibility index (Phi) is 4.12. The van der Waals surface area contributed by atoms with Crippen LogP contribution in [0.4, 0.5) is 0 Å². The molecule has 1 aliphatic carbocycles. The number of imidazole rings is 1. The Bertz CT molecular complexity index is 559. The molecule has 5 nitrogen and oxygen atoms in total. The number of aromatic nitrogens is 2. The zero-order valence-corrected chi connectivity index (χ0v) is 13.0. The predicted octanol–water partition coefficient (Wildman–Crippen LogP) is 2.17. The topological polar surface area (TPSA) is 46.2 Å². The van der Waals surface area contributed by atoms with E-state index in [1.807, 2.05) is 36.1 Å². The second-order valence-corrected chi connectivity index (χ2v) is 6.00. The van der Waals surface area contributed by atoms with Crippen LogP contribution in [0, 0.1) is 0 Å². The monoisotopic (exact) mass is 288 g/mol. The molecule has 2 heterocycles. The lowest BCUT2D eigenvalue weighted by atomic mass is 10.2. The number of likely N-dealkylation sites (N-methyl/N-ethyl adjacent to an activating group) is 1. The van der Waals surface area contributed by atoms with Crippen molar-refractivity contribution in [1.29, 1.82) is 0 Å². The zero-order chi connectivity index (χ0) is 14.8.